The van der Waals surface area contributed by atoms with E-state index in [1.807, 2.05) is 20.8 Å². The zero-order valence-electron chi connectivity index (χ0n) is 10.1. The van der Waals surface area contributed by atoms with E-state index in [1.165, 1.54) is 0 Å². The summed E-state index contributed by atoms with van der Waals surface area (Å²) in [5.74, 6) is 0.720. The SMILES string of the molecule is CCNC(C)(C)C(=O)NCCC(C)C. The quantitative estimate of drug-likeness (QED) is 0.683. The van der Waals surface area contributed by atoms with Gasteiger partial charge in [-0.2, -0.15) is 0 Å². The number of hydrogen-bond donors (Lipinski definition) is 2. The highest BCUT2D eigenvalue weighted by atomic mass is 16.2. The highest BCUT2D eigenvalue weighted by Crippen LogP contribution is 2.02. The molecule has 0 unspecified atom stereocenters. The summed E-state index contributed by atoms with van der Waals surface area (Å²) in [5.41, 5.74) is -0.453. The van der Waals surface area contributed by atoms with Crippen LogP contribution < -0.4 is 10.6 Å². The summed E-state index contributed by atoms with van der Waals surface area (Å²) in [4.78, 5) is 11.7. The molecule has 0 saturated carbocycles. The Morgan fingerprint density at radius 2 is 1.93 bits per heavy atom. The van der Waals surface area contributed by atoms with Crippen LogP contribution in [0.2, 0.25) is 0 Å². The Kier molecular flexibility index (Phi) is 5.77. The Bertz CT molecular complexity index is 176. The highest BCUT2D eigenvalue weighted by molar-refractivity contribution is 5.85. The molecule has 0 aliphatic rings. The van der Waals surface area contributed by atoms with Crippen LogP contribution in [0.1, 0.15) is 41.0 Å². The lowest BCUT2D eigenvalue weighted by atomic mass is 10.0. The Hall–Kier alpha value is -0.570. The summed E-state index contributed by atoms with van der Waals surface area (Å²) in [7, 11) is 0. The first-order chi connectivity index (χ1) is 6.40. The zero-order valence-corrected chi connectivity index (χ0v) is 10.1. The lowest BCUT2D eigenvalue weighted by Crippen LogP contribution is -2.52. The first-order valence-corrected chi connectivity index (χ1v) is 5.43. The maximum absolute atomic E-state index is 11.7. The van der Waals surface area contributed by atoms with Crippen LogP contribution in [0.15, 0.2) is 0 Å². The Labute approximate surface area is 87.6 Å². The molecule has 0 rings (SSSR count). The molecule has 1 amide bonds. The van der Waals surface area contributed by atoms with Crippen LogP contribution in [0.3, 0.4) is 0 Å². The summed E-state index contributed by atoms with van der Waals surface area (Å²) in [6.45, 7) is 11.7. The van der Waals surface area contributed by atoms with Crippen molar-refractivity contribution < 1.29 is 4.79 Å². The van der Waals surface area contributed by atoms with Crippen molar-refractivity contribution in [3.63, 3.8) is 0 Å². The fourth-order valence-corrected chi connectivity index (χ4v) is 1.22. The van der Waals surface area contributed by atoms with E-state index in [9.17, 15) is 4.79 Å². The van der Waals surface area contributed by atoms with Crippen LogP contribution in [0.5, 0.6) is 0 Å². The predicted molar refractivity (Wildman–Crippen MR) is 60.2 cm³/mol. The van der Waals surface area contributed by atoms with E-state index in [0.717, 1.165) is 19.5 Å². The van der Waals surface area contributed by atoms with Gasteiger partial charge in [0, 0.05) is 6.54 Å². The highest BCUT2D eigenvalue weighted by Gasteiger charge is 2.25. The third-order valence-electron chi connectivity index (χ3n) is 2.19. The molecule has 0 saturated heterocycles. The predicted octanol–water partition coefficient (Wildman–Crippen LogP) is 1.54. The summed E-state index contributed by atoms with van der Waals surface area (Å²) in [5, 5.41) is 6.09. The van der Waals surface area contributed by atoms with Crippen LogP contribution in [0, 0.1) is 5.92 Å². The van der Waals surface area contributed by atoms with E-state index in [-0.39, 0.29) is 5.91 Å². The first-order valence-electron chi connectivity index (χ1n) is 5.43. The molecule has 3 nitrogen and oxygen atoms in total. The molecule has 0 aliphatic carbocycles. The van der Waals surface area contributed by atoms with E-state index < -0.39 is 5.54 Å². The second-order valence-corrected chi connectivity index (χ2v) is 4.59. The van der Waals surface area contributed by atoms with Gasteiger partial charge in [-0.05, 0) is 32.7 Å². The van der Waals surface area contributed by atoms with E-state index in [2.05, 4.69) is 24.5 Å². The van der Waals surface area contributed by atoms with Gasteiger partial charge in [-0.25, -0.2) is 0 Å². The number of amides is 1. The average molecular weight is 200 g/mol. The third-order valence-corrected chi connectivity index (χ3v) is 2.19. The number of hydrogen-bond acceptors (Lipinski definition) is 2. The van der Waals surface area contributed by atoms with Crippen molar-refractivity contribution in [2.45, 2.75) is 46.6 Å². The lowest BCUT2D eigenvalue weighted by Gasteiger charge is -2.24. The standard InChI is InChI=1S/C11H24N2O/c1-6-13-11(4,5)10(14)12-8-7-9(2)3/h9,13H,6-8H2,1-5H3,(H,12,14). The number of nitrogens with one attached hydrogen (secondary N) is 2. The van der Waals surface area contributed by atoms with Gasteiger partial charge in [-0.15, -0.1) is 0 Å². The van der Waals surface area contributed by atoms with Crippen LogP contribution in [0.4, 0.5) is 0 Å². The lowest BCUT2D eigenvalue weighted by molar-refractivity contribution is -0.126. The summed E-state index contributed by atoms with van der Waals surface area (Å²) >= 11 is 0. The zero-order chi connectivity index (χ0) is 11.2. The van der Waals surface area contributed by atoms with Crippen LogP contribution >= 0.6 is 0 Å². The van der Waals surface area contributed by atoms with Gasteiger partial charge in [0.15, 0.2) is 0 Å². The Balaban J connectivity index is 3.83. The van der Waals surface area contributed by atoms with E-state index in [0.29, 0.717) is 5.92 Å². The Morgan fingerprint density at radius 3 is 2.36 bits per heavy atom. The molecule has 0 fully saturated rings. The molecule has 0 spiro atoms. The van der Waals surface area contributed by atoms with Crippen LogP contribution in [-0.2, 0) is 4.79 Å². The molecule has 84 valence electrons. The molecule has 0 heterocycles. The number of carbonyl (C=O) groups is 1. The molecule has 0 bridgehead atoms. The Morgan fingerprint density at radius 1 is 1.36 bits per heavy atom. The molecule has 0 aliphatic heterocycles. The molecular weight excluding hydrogens is 176 g/mol. The summed E-state index contributed by atoms with van der Waals surface area (Å²) in [6, 6.07) is 0. The van der Waals surface area contributed by atoms with Crippen molar-refractivity contribution in [2.24, 2.45) is 5.92 Å². The number of rotatable bonds is 6. The average Bonchev–Trinajstić information content (AvgIpc) is 2.03. The minimum Gasteiger partial charge on any atom is -0.355 e. The minimum absolute atomic E-state index is 0.0833. The molecule has 0 aromatic rings. The van der Waals surface area contributed by atoms with E-state index in [4.69, 9.17) is 0 Å². The topological polar surface area (TPSA) is 41.1 Å². The van der Waals surface area contributed by atoms with Crippen molar-refractivity contribution in [2.75, 3.05) is 13.1 Å². The summed E-state index contributed by atoms with van der Waals surface area (Å²) < 4.78 is 0. The van der Waals surface area contributed by atoms with Gasteiger partial charge in [-0.1, -0.05) is 20.8 Å². The molecule has 0 aromatic carbocycles. The van der Waals surface area contributed by atoms with Crippen molar-refractivity contribution in [3.05, 3.63) is 0 Å². The molecular formula is C11H24N2O. The van der Waals surface area contributed by atoms with Crippen LogP contribution in [-0.4, -0.2) is 24.5 Å². The minimum atomic E-state index is -0.453. The largest absolute Gasteiger partial charge is 0.355 e. The van der Waals surface area contributed by atoms with E-state index in [1.54, 1.807) is 0 Å². The molecule has 0 atom stereocenters. The molecule has 0 aromatic heterocycles. The normalized spacial score (nSPS) is 11.9. The number of carbonyl (C=O) groups excluding carboxylic acids is 1. The maximum atomic E-state index is 11.7. The second kappa shape index (κ2) is 6.02. The van der Waals surface area contributed by atoms with E-state index >= 15 is 0 Å². The van der Waals surface area contributed by atoms with Crippen molar-refractivity contribution in [3.8, 4) is 0 Å². The first kappa shape index (κ1) is 13.4. The third kappa shape index (κ3) is 5.22. The van der Waals surface area contributed by atoms with Gasteiger partial charge in [-0.3, -0.25) is 4.79 Å². The van der Waals surface area contributed by atoms with Gasteiger partial charge in [0.05, 0.1) is 5.54 Å². The summed E-state index contributed by atoms with van der Waals surface area (Å²) in [6.07, 6.45) is 1.04. The second-order valence-electron chi connectivity index (χ2n) is 4.59. The monoisotopic (exact) mass is 200 g/mol. The molecule has 0 radical (unpaired) electrons. The maximum Gasteiger partial charge on any atom is 0.239 e. The fraction of sp³-hybridized carbons (Fsp3) is 0.909. The smallest absolute Gasteiger partial charge is 0.239 e. The van der Waals surface area contributed by atoms with Crippen molar-refractivity contribution in [1.82, 2.24) is 10.6 Å². The molecule has 14 heavy (non-hydrogen) atoms. The molecule has 2 N–H and O–H groups in total. The van der Waals surface area contributed by atoms with Crippen molar-refractivity contribution >= 4 is 5.91 Å². The van der Waals surface area contributed by atoms with Gasteiger partial charge in [0.25, 0.3) is 0 Å². The van der Waals surface area contributed by atoms with Crippen molar-refractivity contribution in [1.29, 1.82) is 0 Å². The van der Waals surface area contributed by atoms with Gasteiger partial charge in [0.2, 0.25) is 5.91 Å². The van der Waals surface area contributed by atoms with Gasteiger partial charge < -0.3 is 10.6 Å². The van der Waals surface area contributed by atoms with Crippen LogP contribution in [0.25, 0.3) is 0 Å². The number of likely N-dealkylation sites (N-methyl/N-ethyl adjacent to an activating group) is 1. The fourth-order valence-electron chi connectivity index (χ4n) is 1.22. The van der Waals surface area contributed by atoms with Gasteiger partial charge >= 0.3 is 0 Å². The van der Waals surface area contributed by atoms with Gasteiger partial charge in [0.1, 0.15) is 0 Å². The molecule has 3 heteroatoms.